The van der Waals surface area contributed by atoms with Crippen LogP contribution >= 0.6 is 0 Å². The van der Waals surface area contributed by atoms with Crippen LogP contribution in [0.4, 0.5) is 5.69 Å². The molecule has 0 aliphatic heterocycles. The van der Waals surface area contributed by atoms with E-state index in [-0.39, 0.29) is 18.5 Å². The molecule has 1 unspecified atom stereocenters. The molecule has 0 saturated heterocycles. The van der Waals surface area contributed by atoms with Crippen LogP contribution in [0, 0.1) is 5.92 Å². The third kappa shape index (κ3) is 27.6. The summed E-state index contributed by atoms with van der Waals surface area (Å²) in [7, 11) is 0. The second-order valence-electron chi connectivity index (χ2n) is 10.3. The monoisotopic (exact) mass is 675 g/mol. The van der Waals surface area contributed by atoms with Crippen molar-refractivity contribution in [2.75, 3.05) is 138 Å². The highest BCUT2D eigenvalue weighted by Gasteiger charge is 2.16. The van der Waals surface area contributed by atoms with Crippen molar-refractivity contribution in [1.82, 2.24) is 0 Å². The predicted octanol–water partition coefficient (Wildman–Crippen LogP) is 3.56. The van der Waals surface area contributed by atoms with Gasteiger partial charge in [-0.1, -0.05) is 38.8 Å². The number of rotatable bonds is 36. The number of ether oxygens (including phenoxy) is 11. The van der Waals surface area contributed by atoms with E-state index in [9.17, 15) is 4.79 Å². The Labute approximate surface area is 281 Å². The fourth-order valence-corrected chi connectivity index (χ4v) is 3.94. The summed E-state index contributed by atoms with van der Waals surface area (Å²) in [6, 6.07) is 7.37. The zero-order valence-electron chi connectivity index (χ0n) is 28.8. The maximum absolute atomic E-state index is 12.0. The van der Waals surface area contributed by atoms with E-state index in [2.05, 4.69) is 6.92 Å². The third-order valence-electron chi connectivity index (χ3n) is 6.58. The maximum Gasteiger partial charge on any atom is 0.308 e. The summed E-state index contributed by atoms with van der Waals surface area (Å²) < 4.78 is 60.1. The molecule has 0 bridgehead atoms. The zero-order chi connectivity index (χ0) is 33.9. The standard InChI is InChI=1S/C34H61NO12/c1-3-5-8-31(4-2)34(36)47-30-28-45-26-24-43-22-20-41-18-16-39-14-12-37-11-13-38-15-17-40-19-21-42-23-25-44-27-29-46-33-10-7-6-9-32(33)35/h6-7,9-10,31H,3-5,8,11-30,35H2,1-2H3. The minimum Gasteiger partial charge on any atom is -0.489 e. The first kappa shape index (κ1) is 43.0. The fraction of sp³-hybridized carbons (Fsp3) is 0.794. The molecule has 0 fully saturated rings. The summed E-state index contributed by atoms with van der Waals surface area (Å²) in [6.45, 7) is 13.5. The number of anilines is 1. The van der Waals surface area contributed by atoms with Gasteiger partial charge in [0, 0.05) is 0 Å². The lowest BCUT2D eigenvalue weighted by Crippen LogP contribution is -2.20. The van der Waals surface area contributed by atoms with E-state index in [4.69, 9.17) is 57.8 Å². The van der Waals surface area contributed by atoms with Gasteiger partial charge in [-0.05, 0) is 25.0 Å². The third-order valence-corrected chi connectivity index (χ3v) is 6.58. The molecule has 0 aliphatic rings. The zero-order valence-corrected chi connectivity index (χ0v) is 28.8. The lowest BCUT2D eigenvalue weighted by atomic mass is 10.00. The SMILES string of the molecule is CCCCC(CC)C(=O)OCCOCCOCCOCCOCCOCCOCCOCCOCCOCCOc1ccccc1N. The Morgan fingerprint density at radius 2 is 0.915 bits per heavy atom. The van der Waals surface area contributed by atoms with Crippen LogP contribution in [0.15, 0.2) is 24.3 Å². The van der Waals surface area contributed by atoms with Crippen LogP contribution in [-0.4, -0.2) is 138 Å². The minimum absolute atomic E-state index is 0.00439. The van der Waals surface area contributed by atoms with Gasteiger partial charge in [0.2, 0.25) is 0 Å². The van der Waals surface area contributed by atoms with E-state index in [1.54, 1.807) is 6.07 Å². The molecule has 47 heavy (non-hydrogen) atoms. The van der Waals surface area contributed by atoms with Crippen molar-refractivity contribution in [2.24, 2.45) is 5.92 Å². The van der Waals surface area contributed by atoms with Gasteiger partial charge < -0.3 is 57.8 Å². The number of benzene rings is 1. The molecule has 13 nitrogen and oxygen atoms in total. The summed E-state index contributed by atoms with van der Waals surface area (Å²) in [5.74, 6) is 0.541. The first-order valence-electron chi connectivity index (χ1n) is 17.0. The number of carbonyl (C=O) groups is 1. The highest BCUT2D eigenvalue weighted by atomic mass is 16.6. The highest BCUT2D eigenvalue weighted by Crippen LogP contribution is 2.19. The Morgan fingerprint density at radius 3 is 1.28 bits per heavy atom. The normalized spacial score (nSPS) is 12.0. The smallest absolute Gasteiger partial charge is 0.308 e. The van der Waals surface area contributed by atoms with Crippen molar-refractivity contribution in [2.45, 2.75) is 39.5 Å². The number of unbranched alkanes of at least 4 members (excludes halogenated alkanes) is 1. The molecule has 0 spiro atoms. The molecule has 0 saturated carbocycles. The van der Waals surface area contributed by atoms with Crippen molar-refractivity contribution < 1.29 is 56.9 Å². The van der Waals surface area contributed by atoms with Gasteiger partial charge in [-0.15, -0.1) is 0 Å². The van der Waals surface area contributed by atoms with E-state index >= 15 is 0 Å². The number of esters is 1. The first-order chi connectivity index (χ1) is 23.2. The van der Waals surface area contributed by atoms with Crippen LogP contribution in [0.2, 0.25) is 0 Å². The highest BCUT2D eigenvalue weighted by molar-refractivity contribution is 5.72. The van der Waals surface area contributed by atoms with E-state index in [1.807, 2.05) is 25.1 Å². The lowest BCUT2D eigenvalue weighted by molar-refractivity contribution is -0.150. The fourth-order valence-electron chi connectivity index (χ4n) is 3.94. The number of para-hydroxylation sites is 2. The topological polar surface area (TPSA) is 145 Å². The molecule has 1 aromatic carbocycles. The van der Waals surface area contributed by atoms with Crippen molar-refractivity contribution in [3.05, 3.63) is 24.3 Å². The second kappa shape index (κ2) is 33.8. The average molecular weight is 676 g/mol. The van der Waals surface area contributed by atoms with E-state index in [0.29, 0.717) is 137 Å². The van der Waals surface area contributed by atoms with Gasteiger partial charge in [0.15, 0.2) is 0 Å². The summed E-state index contributed by atoms with van der Waals surface area (Å²) in [5.41, 5.74) is 6.43. The molecule has 2 N–H and O–H groups in total. The van der Waals surface area contributed by atoms with Gasteiger partial charge in [-0.2, -0.15) is 0 Å². The van der Waals surface area contributed by atoms with Crippen LogP contribution in [0.25, 0.3) is 0 Å². The molecule has 1 aromatic rings. The van der Waals surface area contributed by atoms with Crippen LogP contribution < -0.4 is 10.5 Å². The molecule has 1 atom stereocenters. The van der Waals surface area contributed by atoms with Gasteiger partial charge in [0.25, 0.3) is 0 Å². The molecular weight excluding hydrogens is 614 g/mol. The molecule has 0 amide bonds. The van der Waals surface area contributed by atoms with E-state index in [0.717, 1.165) is 25.7 Å². The molecule has 0 heterocycles. The molecular formula is C34H61NO12. The Hall–Kier alpha value is -2.07. The Kier molecular flexibility index (Phi) is 30.9. The summed E-state index contributed by atoms with van der Waals surface area (Å²) in [6.07, 6.45) is 3.83. The van der Waals surface area contributed by atoms with Crippen LogP contribution in [0.3, 0.4) is 0 Å². The first-order valence-corrected chi connectivity index (χ1v) is 17.0. The van der Waals surface area contributed by atoms with Crippen molar-refractivity contribution >= 4 is 11.7 Å². The van der Waals surface area contributed by atoms with E-state index < -0.39 is 0 Å². The molecule has 0 radical (unpaired) electrons. The summed E-state index contributed by atoms with van der Waals surface area (Å²) >= 11 is 0. The van der Waals surface area contributed by atoms with Crippen LogP contribution in [0.5, 0.6) is 5.75 Å². The Morgan fingerprint density at radius 1 is 0.553 bits per heavy atom. The van der Waals surface area contributed by atoms with Crippen LogP contribution in [-0.2, 0) is 52.2 Å². The van der Waals surface area contributed by atoms with Crippen molar-refractivity contribution in [3.8, 4) is 5.75 Å². The van der Waals surface area contributed by atoms with Gasteiger partial charge >= 0.3 is 5.97 Å². The second-order valence-corrected chi connectivity index (χ2v) is 10.3. The number of carbonyl (C=O) groups excluding carboxylic acids is 1. The van der Waals surface area contributed by atoms with Gasteiger partial charge in [-0.25, -0.2) is 0 Å². The summed E-state index contributed by atoms with van der Waals surface area (Å²) in [5, 5.41) is 0. The molecule has 0 aromatic heterocycles. The van der Waals surface area contributed by atoms with Gasteiger partial charge in [-0.3, -0.25) is 4.79 Å². The van der Waals surface area contributed by atoms with Gasteiger partial charge in [0.1, 0.15) is 19.0 Å². The largest absolute Gasteiger partial charge is 0.489 e. The Bertz CT molecular complexity index is 819. The molecule has 0 aliphatic carbocycles. The predicted molar refractivity (Wildman–Crippen MR) is 178 cm³/mol. The lowest BCUT2D eigenvalue weighted by Gasteiger charge is -2.13. The molecule has 13 heteroatoms. The van der Waals surface area contributed by atoms with Crippen LogP contribution in [0.1, 0.15) is 39.5 Å². The van der Waals surface area contributed by atoms with Gasteiger partial charge in [0.05, 0.1) is 131 Å². The average Bonchev–Trinajstić information content (AvgIpc) is 3.08. The summed E-state index contributed by atoms with van der Waals surface area (Å²) in [4.78, 5) is 12.0. The molecule has 1 rings (SSSR count). The number of nitrogen functional groups attached to an aromatic ring is 1. The quantitative estimate of drug-likeness (QED) is 0.0629. The maximum atomic E-state index is 12.0. The number of nitrogens with two attached hydrogens (primary N) is 1. The Balaban J connectivity index is 1.67. The number of hydrogen-bond acceptors (Lipinski definition) is 13. The molecule has 274 valence electrons. The van der Waals surface area contributed by atoms with E-state index in [1.165, 1.54) is 0 Å². The minimum atomic E-state index is -0.121. The number of hydrogen-bond donors (Lipinski definition) is 1. The van der Waals surface area contributed by atoms with Crippen molar-refractivity contribution in [1.29, 1.82) is 0 Å². The van der Waals surface area contributed by atoms with Crippen molar-refractivity contribution in [3.63, 3.8) is 0 Å².